The third kappa shape index (κ3) is 2.48. The zero-order valence-corrected chi connectivity index (χ0v) is 14.2. The molecule has 120 valence electrons. The average molecular weight is 300 g/mol. The van der Waals surface area contributed by atoms with Gasteiger partial charge in [-0.15, -0.1) is 0 Å². The molecule has 22 heavy (non-hydrogen) atoms. The van der Waals surface area contributed by atoms with E-state index in [1.165, 1.54) is 43.7 Å². The summed E-state index contributed by atoms with van der Waals surface area (Å²) in [6.45, 7) is 11.3. The van der Waals surface area contributed by atoms with Crippen molar-refractivity contribution in [1.29, 1.82) is 0 Å². The minimum Gasteiger partial charge on any atom is -0.380 e. The van der Waals surface area contributed by atoms with Crippen LogP contribution in [0.5, 0.6) is 0 Å². The maximum Gasteiger partial charge on any atom is 0.0569 e. The number of hydrogen-bond donors (Lipinski definition) is 0. The van der Waals surface area contributed by atoms with E-state index < -0.39 is 0 Å². The van der Waals surface area contributed by atoms with E-state index in [0.29, 0.717) is 11.3 Å². The van der Waals surface area contributed by atoms with Crippen molar-refractivity contribution in [2.24, 2.45) is 11.3 Å². The predicted molar refractivity (Wildman–Crippen MR) is 88.2 cm³/mol. The summed E-state index contributed by atoms with van der Waals surface area (Å²) in [6, 6.07) is 3.06. The molecule has 0 radical (unpaired) electrons. The van der Waals surface area contributed by atoms with Gasteiger partial charge in [-0.05, 0) is 55.7 Å². The third-order valence-electron chi connectivity index (χ3n) is 5.62. The fourth-order valence-electron chi connectivity index (χ4n) is 4.51. The van der Waals surface area contributed by atoms with Crippen LogP contribution in [0.25, 0.3) is 0 Å². The van der Waals surface area contributed by atoms with Crippen molar-refractivity contribution in [3.05, 3.63) is 28.6 Å². The fraction of sp³-hybridized carbons (Fsp3) is 0.737. The molecule has 1 spiro atoms. The highest BCUT2D eigenvalue weighted by molar-refractivity contribution is 5.36. The van der Waals surface area contributed by atoms with Crippen LogP contribution in [0.2, 0.25) is 0 Å². The Kier molecular flexibility index (Phi) is 3.54. The topological polar surface area (TPSA) is 25.4 Å². The second kappa shape index (κ2) is 5.31. The molecule has 1 aromatic rings. The van der Waals surface area contributed by atoms with Gasteiger partial charge in [-0.2, -0.15) is 0 Å². The van der Waals surface area contributed by atoms with Gasteiger partial charge in [-0.3, -0.25) is 9.88 Å². The first-order valence-corrected chi connectivity index (χ1v) is 8.85. The summed E-state index contributed by atoms with van der Waals surface area (Å²) in [5.41, 5.74) is 6.24. The molecule has 2 saturated heterocycles. The molecule has 1 unspecified atom stereocenters. The number of aromatic nitrogens is 1. The van der Waals surface area contributed by atoms with Gasteiger partial charge in [0.15, 0.2) is 0 Å². The number of ether oxygens (including phenoxy) is 1. The molecule has 3 heterocycles. The molecule has 0 amide bonds. The summed E-state index contributed by atoms with van der Waals surface area (Å²) in [6.07, 6.45) is 4.84. The van der Waals surface area contributed by atoms with Crippen LogP contribution >= 0.6 is 0 Å². The standard InChI is InChI=1S/C19H28N2O/c1-13(2)6-15-7-14(3)20-18-5-4-16(8-17(15)18)21-9-19(10-21)11-22-12-19/h7,13,16H,4-6,8-12H2,1-3H3. The van der Waals surface area contributed by atoms with Gasteiger partial charge in [0.25, 0.3) is 0 Å². The van der Waals surface area contributed by atoms with Crippen LogP contribution in [0.1, 0.15) is 42.8 Å². The monoisotopic (exact) mass is 300 g/mol. The molecule has 2 fully saturated rings. The Bertz CT molecular complexity index is 569. The molecule has 0 aromatic carbocycles. The van der Waals surface area contributed by atoms with Gasteiger partial charge in [0.05, 0.1) is 13.2 Å². The number of nitrogens with zero attached hydrogens (tertiary/aromatic N) is 2. The number of fused-ring (bicyclic) bond motifs is 1. The number of likely N-dealkylation sites (tertiary alicyclic amines) is 1. The summed E-state index contributed by atoms with van der Waals surface area (Å²) in [5.74, 6) is 0.714. The van der Waals surface area contributed by atoms with Crippen LogP contribution in [-0.2, 0) is 24.0 Å². The van der Waals surface area contributed by atoms with E-state index in [2.05, 4.69) is 31.7 Å². The van der Waals surface area contributed by atoms with Gasteiger partial charge in [0.1, 0.15) is 0 Å². The highest BCUT2D eigenvalue weighted by Gasteiger charge is 2.50. The first kappa shape index (κ1) is 14.6. The van der Waals surface area contributed by atoms with Gasteiger partial charge < -0.3 is 4.74 Å². The van der Waals surface area contributed by atoms with Crippen LogP contribution < -0.4 is 0 Å². The summed E-state index contributed by atoms with van der Waals surface area (Å²) >= 11 is 0. The average Bonchev–Trinajstić information content (AvgIpc) is 2.35. The number of aryl methyl sites for hydroxylation is 2. The number of hydrogen-bond acceptors (Lipinski definition) is 3. The lowest BCUT2D eigenvalue weighted by molar-refractivity contribution is -0.199. The smallest absolute Gasteiger partial charge is 0.0569 e. The van der Waals surface area contributed by atoms with Crippen molar-refractivity contribution in [3.63, 3.8) is 0 Å². The van der Waals surface area contributed by atoms with Gasteiger partial charge in [0.2, 0.25) is 0 Å². The normalized spacial score (nSPS) is 26.6. The van der Waals surface area contributed by atoms with Gasteiger partial charge in [-0.1, -0.05) is 13.8 Å². The molecular weight excluding hydrogens is 272 g/mol. The third-order valence-corrected chi connectivity index (χ3v) is 5.62. The zero-order valence-electron chi connectivity index (χ0n) is 14.2. The summed E-state index contributed by atoms with van der Waals surface area (Å²) < 4.78 is 5.41. The van der Waals surface area contributed by atoms with E-state index in [4.69, 9.17) is 9.72 Å². The molecule has 4 rings (SSSR count). The Morgan fingerprint density at radius 3 is 2.77 bits per heavy atom. The van der Waals surface area contributed by atoms with Crippen LogP contribution in [-0.4, -0.2) is 42.2 Å². The van der Waals surface area contributed by atoms with E-state index in [1.54, 1.807) is 11.1 Å². The second-order valence-corrected chi connectivity index (χ2v) is 8.24. The van der Waals surface area contributed by atoms with Crippen LogP contribution in [0.15, 0.2) is 6.07 Å². The lowest BCUT2D eigenvalue weighted by Gasteiger charge is -2.58. The lowest BCUT2D eigenvalue weighted by atomic mass is 9.75. The van der Waals surface area contributed by atoms with Crippen molar-refractivity contribution in [2.45, 2.75) is 52.5 Å². The van der Waals surface area contributed by atoms with Gasteiger partial charge in [-0.25, -0.2) is 0 Å². The largest absolute Gasteiger partial charge is 0.380 e. The first-order valence-electron chi connectivity index (χ1n) is 8.85. The van der Waals surface area contributed by atoms with Crippen molar-refractivity contribution in [3.8, 4) is 0 Å². The van der Waals surface area contributed by atoms with E-state index in [-0.39, 0.29) is 0 Å². The fourth-order valence-corrected chi connectivity index (χ4v) is 4.51. The molecule has 0 N–H and O–H groups in total. The Balaban J connectivity index is 1.52. The second-order valence-electron chi connectivity index (χ2n) is 8.24. The minimum atomic E-state index is 0.534. The van der Waals surface area contributed by atoms with E-state index >= 15 is 0 Å². The summed E-state index contributed by atoms with van der Waals surface area (Å²) in [4.78, 5) is 7.54. The molecule has 0 saturated carbocycles. The maximum atomic E-state index is 5.41. The van der Waals surface area contributed by atoms with Crippen molar-refractivity contribution in [2.75, 3.05) is 26.3 Å². The van der Waals surface area contributed by atoms with E-state index in [1.807, 2.05) is 0 Å². The molecule has 2 aliphatic heterocycles. The molecule has 3 aliphatic rings. The highest BCUT2D eigenvalue weighted by atomic mass is 16.5. The zero-order chi connectivity index (χ0) is 15.3. The highest BCUT2D eigenvalue weighted by Crippen LogP contribution is 2.41. The Hall–Kier alpha value is -0.930. The summed E-state index contributed by atoms with van der Waals surface area (Å²) in [7, 11) is 0. The van der Waals surface area contributed by atoms with Crippen molar-refractivity contribution in [1.82, 2.24) is 9.88 Å². The Morgan fingerprint density at radius 1 is 1.36 bits per heavy atom. The molecule has 0 bridgehead atoms. The number of pyridine rings is 1. The van der Waals surface area contributed by atoms with Gasteiger partial charge in [0, 0.05) is 35.9 Å². The van der Waals surface area contributed by atoms with E-state index in [9.17, 15) is 0 Å². The molecular formula is C19H28N2O. The summed E-state index contributed by atoms with van der Waals surface area (Å²) in [5, 5.41) is 0. The van der Waals surface area contributed by atoms with Crippen LogP contribution in [0, 0.1) is 18.3 Å². The lowest BCUT2D eigenvalue weighted by Crippen LogP contribution is -2.68. The minimum absolute atomic E-state index is 0.534. The van der Waals surface area contributed by atoms with Crippen LogP contribution in [0.3, 0.4) is 0 Å². The van der Waals surface area contributed by atoms with Crippen LogP contribution in [0.4, 0.5) is 0 Å². The quantitative estimate of drug-likeness (QED) is 0.858. The predicted octanol–water partition coefficient (Wildman–Crippen LogP) is 2.78. The Morgan fingerprint density at radius 2 is 2.14 bits per heavy atom. The van der Waals surface area contributed by atoms with Gasteiger partial charge >= 0.3 is 0 Å². The SMILES string of the molecule is Cc1cc(CC(C)C)c2c(n1)CCC(N1CC3(COC3)C1)C2. The number of rotatable bonds is 3. The molecule has 1 aliphatic carbocycles. The van der Waals surface area contributed by atoms with Crippen molar-refractivity contribution >= 4 is 0 Å². The Labute approximate surface area is 134 Å². The molecule has 1 aromatic heterocycles. The first-order chi connectivity index (χ1) is 10.5. The van der Waals surface area contributed by atoms with Crippen molar-refractivity contribution < 1.29 is 4.74 Å². The van der Waals surface area contributed by atoms with E-state index in [0.717, 1.165) is 25.7 Å². The molecule has 1 atom stereocenters. The molecule has 3 heteroatoms. The maximum absolute atomic E-state index is 5.41. The molecule has 3 nitrogen and oxygen atoms in total.